The highest BCUT2D eigenvalue weighted by Crippen LogP contribution is 2.19. The average molecular weight is 233 g/mol. The van der Waals surface area contributed by atoms with Gasteiger partial charge in [0.15, 0.2) is 0 Å². The monoisotopic (exact) mass is 233 g/mol. The molecule has 1 aliphatic heterocycles. The zero-order chi connectivity index (χ0) is 10.9. The van der Waals surface area contributed by atoms with Crippen LogP contribution in [0, 0.1) is 0 Å². The first kappa shape index (κ1) is 13.3. The molecule has 1 saturated heterocycles. The first-order valence-corrected chi connectivity index (χ1v) is 6.80. The molecule has 2 unspecified atom stereocenters. The molecule has 0 amide bonds. The molecular formula is C11H23NO2S. The fourth-order valence-electron chi connectivity index (χ4n) is 1.59. The maximum Gasteiger partial charge on any atom is 0.0666 e. The van der Waals surface area contributed by atoms with E-state index in [1.54, 1.807) is 7.11 Å². The van der Waals surface area contributed by atoms with Gasteiger partial charge in [-0.25, -0.2) is 0 Å². The predicted octanol–water partition coefficient (Wildman–Crippen LogP) is 1.52. The van der Waals surface area contributed by atoms with Crippen molar-refractivity contribution < 1.29 is 9.47 Å². The Morgan fingerprint density at radius 3 is 3.13 bits per heavy atom. The predicted molar refractivity (Wildman–Crippen MR) is 65.6 cm³/mol. The molecule has 2 atom stereocenters. The van der Waals surface area contributed by atoms with Gasteiger partial charge in [0.05, 0.1) is 12.7 Å². The molecule has 0 radical (unpaired) electrons. The van der Waals surface area contributed by atoms with E-state index < -0.39 is 0 Å². The zero-order valence-corrected chi connectivity index (χ0v) is 10.6. The molecule has 1 fully saturated rings. The topological polar surface area (TPSA) is 30.5 Å². The number of nitrogens with one attached hydrogen (secondary N) is 1. The largest absolute Gasteiger partial charge is 0.383 e. The molecule has 3 nitrogen and oxygen atoms in total. The van der Waals surface area contributed by atoms with Crippen molar-refractivity contribution >= 4 is 11.8 Å². The Balaban J connectivity index is 1.90. The number of methoxy groups -OCH3 is 1. The third-order valence-electron chi connectivity index (χ3n) is 2.51. The number of thioether (sulfide) groups is 1. The highest BCUT2D eigenvalue weighted by Gasteiger charge is 2.16. The van der Waals surface area contributed by atoms with Crippen LogP contribution >= 0.6 is 11.8 Å². The molecule has 0 bridgehead atoms. The summed E-state index contributed by atoms with van der Waals surface area (Å²) in [5, 5.41) is 4.03. The lowest BCUT2D eigenvalue weighted by Gasteiger charge is -2.14. The summed E-state index contributed by atoms with van der Waals surface area (Å²) in [5.41, 5.74) is 0. The van der Waals surface area contributed by atoms with Crippen LogP contribution in [-0.2, 0) is 9.47 Å². The smallest absolute Gasteiger partial charge is 0.0666 e. The Kier molecular flexibility index (Phi) is 7.44. The molecule has 1 rings (SSSR count). The third kappa shape index (κ3) is 6.40. The quantitative estimate of drug-likeness (QED) is 0.644. The van der Waals surface area contributed by atoms with Crippen LogP contribution in [0.1, 0.15) is 19.8 Å². The summed E-state index contributed by atoms with van der Waals surface area (Å²) in [6.07, 6.45) is 3.00. The van der Waals surface area contributed by atoms with Crippen LogP contribution in [0.25, 0.3) is 0 Å². The number of ether oxygens (including phenoxy) is 2. The Hall–Kier alpha value is 0.230. The van der Waals surface area contributed by atoms with Crippen molar-refractivity contribution in [1.82, 2.24) is 5.32 Å². The molecule has 1 aliphatic rings. The van der Waals surface area contributed by atoms with E-state index >= 15 is 0 Å². The van der Waals surface area contributed by atoms with E-state index in [-0.39, 0.29) is 0 Å². The van der Waals surface area contributed by atoms with Gasteiger partial charge in [0.2, 0.25) is 0 Å². The summed E-state index contributed by atoms with van der Waals surface area (Å²) in [6.45, 7) is 6.02. The van der Waals surface area contributed by atoms with E-state index in [1.165, 1.54) is 12.8 Å². The van der Waals surface area contributed by atoms with Crippen molar-refractivity contribution in [2.75, 3.05) is 39.2 Å². The molecule has 0 aliphatic carbocycles. The van der Waals surface area contributed by atoms with Crippen LogP contribution < -0.4 is 5.32 Å². The molecular weight excluding hydrogens is 210 g/mol. The number of rotatable bonds is 8. The van der Waals surface area contributed by atoms with Gasteiger partial charge in [-0.2, -0.15) is 11.8 Å². The highest BCUT2D eigenvalue weighted by atomic mass is 32.2. The van der Waals surface area contributed by atoms with E-state index in [1.807, 2.05) is 11.8 Å². The van der Waals surface area contributed by atoms with E-state index in [4.69, 9.17) is 9.47 Å². The summed E-state index contributed by atoms with van der Waals surface area (Å²) < 4.78 is 10.6. The van der Waals surface area contributed by atoms with Gasteiger partial charge in [-0.15, -0.1) is 0 Å². The van der Waals surface area contributed by atoms with Crippen LogP contribution in [0.3, 0.4) is 0 Å². The van der Waals surface area contributed by atoms with Crippen molar-refractivity contribution in [3.63, 3.8) is 0 Å². The summed E-state index contributed by atoms with van der Waals surface area (Å²) in [6, 6.07) is 0. The Bertz CT molecular complexity index is 152. The summed E-state index contributed by atoms with van der Waals surface area (Å²) in [7, 11) is 1.73. The Morgan fingerprint density at radius 1 is 1.60 bits per heavy atom. The highest BCUT2D eigenvalue weighted by molar-refractivity contribution is 7.99. The van der Waals surface area contributed by atoms with Gasteiger partial charge in [-0.05, 0) is 12.8 Å². The maximum atomic E-state index is 5.59. The van der Waals surface area contributed by atoms with E-state index in [9.17, 15) is 0 Å². The van der Waals surface area contributed by atoms with Crippen LogP contribution in [0.4, 0.5) is 0 Å². The molecule has 0 spiro atoms. The molecule has 1 N–H and O–H groups in total. The molecule has 1 heterocycles. The molecule has 15 heavy (non-hydrogen) atoms. The van der Waals surface area contributed by atoms with E-state index in [0.717, 1.165) is 32.1 Å². The van der Waals surface area contributed by atoms with E-state index in [0.29, 0.717) is 11.4 Å². The minimum atomic E-state index is 0.511. The molecule has 0 aromatic carbocycles. The zero-order valence-electron chi connectivity index (χ0n) is 9.83. The summed E-state index contributed by atoms with van der Waals surface area (Å²) in [4.78, 5) is 0. The Labute approximate surface area is 97.3 Å². The van der Waals surface area contributed by atoms with Crippen molar-refractivity contribution in [2.24, 2.45) is 0 Å². The second kappa shape index (κ2) is 8.39. The minimum Gasteiger partial charge on any atom is -0.383 e. The normalized spacial score (nSPS) is 23.2. The van der Waals surface area contributed by atoms with Gasteiger partial charge < -0.3 is 14.8 Å². The van der Waals surface area contributed by atoms with Crippen molar-refractivity contribution in [3.05, 3.63) is 0 Å². The van der Waals surface area contributed by atoms with Crippen LogP contribution in [0.2, 0.25) is 0 Å². The van der Waals surface area contributed by atoms with E-state index in [2.05, 4.69) is 12.2 Å². The second-order valence-corrected chi connectivity index (χ2v) is 5.45. The van der Waals surface area contributed by atoms with Crippen LogP contribution in [0.5, 0.6) is 0 Å². The molecule has 0 aromatic rings. The maximum absolute atomic E-state index is 5.59. The Morgan fingerprint density at radius 2 is 2.47 bits per heavy atom. The van der Waals surface area contributed by atoms with Crippen molar-refractivity contribution in [3.8, 4) is 0 Å². The molecule has 0 aromatic heterocycles. The SMILES string of the molecule is COCCNCC(C)SCC1CCCO1. The molecule has 90 valence electrons. The van der Waals surface area contributed by atoms with Crippen LogP contribution in [-0.4, -0.2) is 50.5 Å². The number of hydrogen-bond acceptors (Lipinski definition) is 4. The summed E-state index contributed by atoms with van der Waals surface area (Å²) in [5.74, 6) is 1.15. The first-order valence-electron chi connectivity index (χ1n) is 5.75. The average Bonchev–Trinajstić information content (AvgIpc) is 2.74. The van der Waals surface area contributed by atoms with Gasteiger partial charge >= 0.3 is 0 Å². The fraction of sp³-hybridized carbons (Fsp3) is 1.00. The molecule has 0 saturated carbocycles. The van der Waals surface area contributed by atoms with Crippen LogP contribution in [0.15, 0.2) is 0 Å². The standard InChI is InChI=1S/C11H23NO2S/c1-10(8-12-5-7-13-2)15-9-11-4-3-6-14-11/h10-12H,3-9H2,1-2H3. The van der Waals surface area contributed by atoms with Gasteiger partial charge in [0.25, 0.3) is 0 Å². The van der Waals surface area contributed by atoms with Crippen molar-refractivity contribution in [1.29, 1.82) is 0 Å². The van der Waals surface area contributed by atoms with Gasteiger partial charge in [-0.1, -0.05) is 6.92 Å². The lowest BCUT2D eigenvalue weighted by Crippen LogP contribution is -2.27. The van der Waals surface area contributed by atoms with Gasteiger partial charge in [-0.3, -0.25) is 0 Å². The lowest BCUT2D eigenvalue weighted by molar-refractivity contribution is 0.129. The fourth-order valence-corrected chi connectivity index (χ4v) is 2.63. The molecule has 4 heteroatoms. The minimum absolute atomic E-state index is 0.511. The summed E-state index contributed by atoms with van der Waals surface area (Å²) >= 11 is 2.00. The third-order valence-corrected chi connectivity index (χ3v) is 3.81. The van der Waals surface area contributed by atoms with Gasteiger partial charge in [0.1, 0.15) is 0 Å². The lowest BCUT2D eigenvalue weighted by atomic mass is 10.3. The first-order chi connectivity index (χ1) is 7.33. The second-order valence-electron chi connectivity index (χ2n) is 3.98. The van der Waals surface area contributed by atoms with Crippen molar-refractivity contribution in [2.45, 2.75) is 31.1 Å². The number of hydrogen-bond donors (Lipinski definition) is 1. The van der Waals surface area contributed by atoms with Gasteiger partial charge in [0, 0.05) is 37.8 Å².